The van der Waals surface area contributed by atoms with Gasteiger partial charge in [0.2, 0.25) is 0 Å². The minimum absolute atomic E-state index is 0.136. The lowest BCUT2D eigenvalue weighted by Gasteiger charge is -2.47. The molecule has 2 aliphatic heterocycles. The van der Waals surface area contributed by atoms with Crippen LogP contribution >= 0.6 is 0 Å². The standard InChI is InChI=1S/C22H21F3N2O4/c23-22(24,25)19-7-6-15(10-26-19)20(28)16-8-17-12-30-13-18(9-16)27(17)21(29)31-11-14-4-2-1-3-5-14/h1-7,10,16-18H,8-9,11-13H2. The van der Waals surface area contributed by atoms with Crippen molar-refractivity contribution < 1.29 is 32.2 Å². The van der Waals surface area contributed by atoms with Gasteiger partial charge in [0.15, 0.2) is 5.78 Å². The minimum atomic E-state index is -4.55. The van der Waals surface area contributed by atoms with Crippen LogP contribution in [0.4, 0.5) is 18.0 Å². The number of alkyl halides is 3. The zero-order chi connectivity index (χ0) is 22.0. The average molecular weight is 434 g/mol. The van der Waals surface area contributed by atoms with Crippen LogP contribution in [0.25, 0.3) is 0 Å². The number of aromatic nitrogens is 1. The molecule has 2 bridgehead atoms. The minimum Gasteiger partial charge on any atom is -0.445 e. The first-order valence-corrected chi connectivity index (χ1v) is 9.97. The molecule has 0 saturated carbocycles. The number of carbonyl (C=O) groups excluding carboxylic acids is 2. The molecule has 2 atom stereocenters. The summed E-state index contributed by atoms with van der Waals surface area (Å²) >= 11 is 0. The molecule has 2 unspecified atom stereocenters. The summed E-state index contributed by atoms with van der Waals surface area (Å²) in [5, 5.41) is 0. The van der Waals surface area contributed by atoms with Crippen LogP contribution in [0.15, 0.2) is 48.7 Å². The van der Waals surface area contributed by atoms with Gasteiger partial charge in [-0.05, 0) is 30.5 Å². The summed E-state index contributed by atoms with van der Waals surface area (Å²) < 4.78 is 49.2. The predicted octanol–water partition coefficient (Wildman–Crippen LogP) is 4.10. The van der Waals surface area contributed by atoms with Crippen molar-refractivity contribution in [1.29, 1.82) is 0 Å². The molecule has 2 fully saturated rings. The number of pyridine rings is 1. The number of piperidine rings is 1. The van der Waals surface area contributed by atoms with Crippen molar-refractivity contribution >= 4 is 11.9 Å². The Balaban J connectivity index is 1.41. The maximum atomic E-state index is 12.9. The van der Waals surface area contributed by atoms with Crippen LogP contribution in [0.1, 0.15) is 34.5 Å². The maximum Gasteiger partial charge on any atom is 0.433 e. The van der Waals surface area contributed by atoms with Gasteiger partial charge in [-0.3, -0.25) is 14.7 Å². The van der Waals surface area contributed by atoms with E-state index in [4.69, 9.17) is 9.47 Å². The third-order valence-electron chi connectivity index (χ3n) is 5.65. The molecule has 164 valence electrons. The van der Waals surface area contributed by atoms with Crippen LogP contribution in [0, 0.1) is 5.92 Å². The van der Waals surface area contributed by atoms with Crippen LogP contribution in [0.5, 0.6) is 0 Å². The van der Waals surface area contributed by atoms with Gasteiger partial charge in [0.05, 0.1) is 25.3 Å². The molecule has 9 heteroatoms. The normalized spacial score (nSPS) is 23.3. The van der Waals surface area contributed by atoms with Crippen LogP contribution in [-0.4, -0.2) is 47.1 Å². The van der Waals surface area contributed by atoms with Crippen molar-refractivity contribution in [2.45, 2.75) is 37.7 Å². The molecule has 0 N–H and O–H groups in total. The van der Waals surface area contributed by atoms with Crippen molar-refractivity contribution in [3.8, 4) is 0 Å². The lowest BCUT2D eigenvalue weighted by Crippen LogP contribution is -2.59. The van der Waals surface area contributed by atoms with E-state index in [0.29, 0.717) is 12.8 Å². The number of ketones is 1. The Labute approximate surface area is 177 Å². The molecule has 2 aromatic rings. The third-order valence-corrected chi connectivity index (χ3v) is 5.65. The zero-order valence-electron chi connectivity index (χ0n) is 16.5. The number of Topliss-reactive ketones (excluding diaryl/α,β-unsaturated/α-hetero) is 1. The molecule has 0 spiro atoms. The highest BCUT2D eigenvalue weighted by molar-refractivity contribution is 5.97. The highest BCUT2D eigenvalue weighted by Gasteiger charge is 2.44. The fourth-order valence-corrected chi connectivity index (χ4v) is 4.16. The van der Waals surface area contributed by atoms with E-state index in [1.54, 1.807) is 4.90 Å². The summed E-state index contributed by atoms with van der Waals surface area (Å²) in [7, 11) is 0. The number of ether oxygens (including phenoxy) is 2. The van der Waals surface area contributed by atoms with E-state index >= 15 is 0 Å². The zero-order valence-corrected chi connectivity index (χ0v) is 16.5. The van der Waals surface area contributed by atoms with Gasteiger partial charge in [0, 0.05) is 17.7 Å². The van der Waals surface area contributed by atoms with E-state index in [-0.39, 0.29) is 43.3 Å². The fraction of sp³-hybridized carbons (Fsp3) is 0.409. The van der Waals surface area contributed by atoms with E-state index in [2.05, 4.69) is 4.98 Å². The third kappa shape index (κ3) is 4.71. The predicted molar refractivity (Wildman–Crippen MR) is 103 cm³/mol. The Morgan fingerprint density at radius 2 is 1.74 bits per heavy atom. The van der Waals surface area contributed by atoms with Gasteiger partial charge in [-0.25, -0.2) is 4.79 Å². The van der Waals surface area contributed by atoms with E-state index in [9.17, 15) is 22.8 Å². The van der Waals surface area contributed by atoms with Crippen LogP contribution in [0.3, 0.4) is 0 Å². The van der Waals surface area contributed by atoms with E-state index in [1.807, 2.05) is 30.3 Å². The van der Waals surface area contributed by atoms with Crippen molar-refractivity contribution in [3.63, 3.8) is 0 Å². The van der Waals surface area contributed by atoms with Crippen molar-refractivity contribution in [2.75, 3.05) is 13.2 Å². The lowest BCUT2D eigenvalue weighted by atomic mass is 9.81. The average Bonchev–Trinajstić information content (AvgIpc) is 2.76. The first kappa shape index (κ1) is 21.3. The highest BCUT2D eigenvalue weighted by Crippen LogP contribution is 2.34. The number of nitrogens with zero attached hydrogens (tertiary/aromatic N) is 2. The molecular formula is C22H21F3N2O4. The topological polar surface area (TPSA) is 68.7 Å². The molecule has 3 heterocycles. The summed E-state index contributed by atoms with van der Waals surface area (Å²) in [5.41, 5.74) is -0.0282. The number of fused-ring (bicyclic) bond motifs is 2. The second-order valence-electron chi connectivity index (χ2n) is 7.76. The summed E-state index contributed by atoms with van der Waals surface area (Å²) in [4.78, 5) is 30.6. The van der Waals surface area contributed by atoms with Gasteiger partial charge in [0.1, 0.15) is 12.3 Å². The molecule has 6 nitrogen and oxygen atoms in total. The number of rotatable bonds is 4. The van der Waals surface area contributed by atoms with Crippen molar-refractivity contribution in [2.24, 2.45) is 5.92 Å². The number of benzene rings is 1. The summed E-state index contributed by atoms with van der Waals surface area (Å²) in [6, 6.07) is 10.6. The molecule has 2 aliphatic rings. The van der Waals surface area contributed by atoms with Crippen LogP contribution in [0.2, 0.25) is 0 Å². The molecule has 2 saturated heterocycles. The number of amides is 1. The number of hydrogen-bond acceptors (Lipinski definition) is 5. The molecule has 4 rings (SSSR count). The lowest BCUT2D eigenvalue weighted by molar-refractivity contribution is -0.141. The van der Waals surface area contributed by atoms with Gasteiger partial charge in [-0.1, -0.05) is 30.3 Å². The van der Waals surface area contributed by atoms with Gasteiger partial charge in [0.25, 0.3) is 0 Å². The molecule has 0 radical (unpaired) electrons. The summed E-state index contributed by atoms with van der Waals surface area (Å²) in [6.45, 7) is 0.716. The van der Waals surface area contributed by atoms with E-state index in [1.165, 1.54) is 0 Å². The Bertz CT molecular complexity index is 920. The molecule has 1 aromatic heterocycles. The number of halogens is 3. The summed E-state index contributed by atoms with van der Waals surface area (Å²) in [5.74, 6) is -0.689. The van der Waals surface area contributed by atoms with Crippen LogP contribution in [-0.2, 0) is 22.3 Å². The Kier molecular flexibility index (Phi) is 5.95. The number of morpholine rings is 1. The molecule has 0 aliphatic carbocycles. The Morgan fingerprint density at radius 3 is 2.32 bits per heavy atom. The van der Waals surface area contributed by atoms with Gasteiger partial charge in [-0.15, -0.1) is 0 Å². The Hall–Kier alpha value is -2.94. The number of hydrogen-bond donors (Lipinski definition) is 0. The first-order chi connectivity index (χ1) is 14.8. The van der Waals surface area contributed by atoms with Crippen LogP contribution < -0.4 is 0 Å². The van der Waals surface area contributed by atoms with E-state index < -0.39 is 23.9 Å². The highest BCUT2D eigenvalue weighted by atomic mass is 19.4. The maximum absolute atomic E-state index is 12.9. The Morgan fingerprint density at radius 1 is 1.06 bits per heavy atom. The number of carbonyl (C=O) groups is 2. The van der Waals surface area contributed by atoms with E-state index in [0.717, 1.165) is 23.9 Å². The fourth-order valence-electron chi connectivity index (χ4n) is 4.16. The molecule has 31 heavy (non-hydrogen) atoms. The van der Waals surface area contributed by atoms with Crippen molar-refractivity contribution in [1.82, 2.24) is 9.88 Å². The molecule has 1 amide bonds. The van der Waals surface area contributed by atoms with Gasteiger partial charge >= 0.3 is 12.3 Å². The molecular weight excluding hydrogens is 413 g/mol. The first-order valence-electron chi connectivity index (χ1n) is 9.97. The second-order valence-corrected chi connectivity index (χ2v) is 7.76. The monoisotopic (exact) mass is 434 g/mol. The largest absolute Gasteiger partial charge is 0.445 e. The van der Waals surface area contributed by atoms with Gasteiger partial charge in [-0.2, -0.15) is 13.2 Å². The molecule has 1 aromatic carbocycles. The smallest absolute Gasteiger partial charge is 0.433 e. The van der Waals surface area contributed by atoms with Gasteiger partial charge < -0.3 is 9.47 Å². The SMILES string of the molecule is O=C(c1ccc(C(F)(F)F)nc1)C1CC2COCC(C1)N2C(=O)OCc1ccccc1. The quantitative estimate of drug-likeness (QED) is 0.678. The van der Waals surface area contributed by atoms with Crippen molar-refractivity contribution in [3.05, 3.63) is 65.5 Å². The summed E-state index contributed by atoms with van der Waals surface area (Å²) in [6.07, 6.45) is -3.32. The second kappa shape index (κ2) is 8.66.